The lowest BCUT2D eigenvalue weighted by Gasteiger charge is -2.02. The van der Waals surface area contributed by atoms with Crippen LogP contribution < -0.4 is 5.32 Å². The maximum atomic E-state index is 10.9. The van der Waals surface area contributed by atoms with Gasteiger partial charge >= 0.3 is 0 Å². The zero-order chi connectivity index (χ0) is 13.8. The lowest BCUT2D eigenvalue weighted by Crippen LogP contribution is -2.24. The number of nitrogens with one attached hydrogen (secondary N) is 1. The molecule has 0 saturated heterocycles. The maximum Gasteiger partial charge on any atom is 0.219 e. The summed E-state index contributed by atoms with van der Waals surface area (Å²) in [6.45, 7) is 2.59. The van der Waals surface area contributed by atoms with Crippen LogP contribution in [0.1, 0.15) is 18.9 Å². The van der Waals surface area contributed by atoms with Gasteiger partial charge in [0.1, 0.15) is 0 Å². The number of amides is 1. The average molecular weight is 255 g/mol. The van der Waals surface area contributed by atoms with Crippen molar-refractivity contribution in [3.63, 3.8) is 0 Å². The second-order valence-corrected chi connectivity index (χ2v) is 4.09. The first kappa shape index (κ1) is 15.0. The normalized spacial score (nSPS) is 9.11. The molecule has 0 saturated carbocycles. The van der Waals surface area contributed by atoms with Crippen molar-refractivity contribution in [1.29, 1.82) is 0 Å². The second kappa shape index (κ2) is 9.89. The number of hydrogen-bond acceptors (Lipinski definition) is 1. The molecule has 0 unspecified atom stereocenters. The van der Waals surface area contributed by atoms with Crippen molar-refractivity contribution in [3.05, 3.63) is 72.3 Å². The molecular weight excluding hydrogens is 234 g/mol. The SMILES string of the molecule is CCC(=O)NCCc1ccccc1.c1ccccc1. The Morgan fingerprint density at radius 2 is 1.37 bits per heavy atom. The third-order valence-electron chi connectivity index (χ3n) is 2.57. The van der Waals surface area contributed by atoms with Crippen molar-refractivity contribution in [2.45, 2.75) is 19.8 Å². The summed E-state index contributed by atoms with van der Waals surface area (Å²) in [5.41, 5.74) is 1.26. The summed E-state index contributed by atoms with van der Waals surface area (Å²) in [6.07, 6.45) is 1.47. The highest BCUT2D eigenvalue weighted by Gasteiger charge is 1.95. The van der Waals surface area contributed by atoms with E-state index < -0.39 is 0 Å². The van der Waals surface area contributed by atoms with Gasteiger partial charge in [0.2, 0.25) is 5.91 Å². The van der Waals surface area contributed by atoms with Crippen molar-refractivity contribution < 1.29 is 4.79 Å². The molecule has 1 amide bonds. The van der Waals surface area contributed by atoms with Crippen molar-refractivity contribution in [1.82, 2.24) is 5.32 Å². The van der Waals surface area contributed by atoms with Gasteiger partial charge in [-0.3, -0.25) is 4.79 Å². The van der Waals surface area contributed by atoms with E-state index in [1.807, 2.05) is 61.5 Å². The van der Waals surface area contributed by atoms with E-state index in [-0.39, 0.29) is 5.91 Å². The summed E-state index contributed by atoms with van der Waals surface area (Å²) in [5.74, 6) is 0.121. The number of rotatable bonds is 4. The predicted octanol–water partition coefficient (Wildman–Crippen LogP) is 3.44. The Labute approximate surface area is 115 Å². The van der Waals surface area contributed by atoms with E-state index in [4.69, 9.17) is 0 Å². The number of carbonyl (C=O) groups excluding carboxylic acids is 1. The van der Waals surface area contributed by atoms with Crippen molar-refractivity contribution in [2.24, 2.45) is 0 Å². The lowest BCUT2D eigenvalue weighted by atomic mass is 10.1. The van der Waals surface area contributed by atoms with Crippen molar-refractivity contribution in [3.8, 4) is 0 Å². The highest BCUT2D eigenvalue weighted by molar-refractivity contribution is 5.75. The molecule has 1 N–H and O–H groups in total. The zero-order valence-electron chi connectivity index (χ0n) is 11.4. The maximum absolute atomic E-state index is 10.9. The Hall–Kier alpha value is -2.09. The highest BCUT2D eigenvalue weighted by atomic mass is 16.1. The van der Waals surface area contributed by atoms with Gasteiger partial charge in [0, 0.05) is 13.0 Å². The molecule has 0 atom stereocenters. The van der Waals surface area contributed by atoms with Gasteiger partial charge in [-0.05, 0) is 12.0 Å². The van der Waals surface area contributed by atoms with Gasteiger partial charge in [0.25, 0.3) is 0 Å². The summed E-state index contributed by atoms with van der Waals surface area (Å²) in [6, 6.07) is 22.2. The summed E-state index contributed by atoms with van der Waals surface area (Å²) in [7, 11) is 0. The number of benzene rings is 2. The van der Waals surface area contributed by atoms with Gasteiger partial charge in [-0.2, -0.15) is 0 Å². The predicted molar refractivity (Wildman–Crippen MR) is 79.9 cm³/mol. The van der Waals surface area contributed by atoms with Crippen LogP contribution in [0, 0.1) is 0 Å². The molecule has 2 nitrogen and oxygen atoms in total. The van der Waals surface area contributed by atoms with Gasteiger partial charge in [-0.15, -0.1) is 0 Å². The Kier molecular flexibility index (Phi) is 7.79. The quantitative estimate of drug-likeness (QED) is 0.891. The molecule has 0 aliphatic rings. The standard InChI is InChI=1S/C11H15NO.C6H6/c1-2-11(13)12-9-8-10-6-4-3-5-7-10;1-2-4-6-5-3-1/h3-7H,2,8-9H2,1H3,(H,12,13);1-6H. The molecule has 0 aromatic heterocycles. The highest BCUT2D eigenvalue weighted by Crippen LogP contribution is 1.97. The van der Waals surface area contributed by atoms with Crippen molar-refractivity contribution in [2.75, 3.05) is 6.54 Å². The number of hydrogen-bond donors (Lipinski definition) is 1. The Morgan fingerprint density at radius 3 is 1.84 bits per heavy atom. The van der Waals surface area contributed by atoms with E-state index in [1.54, 1.807) is 0 Å². The molecule has 0 heterocycles. The van der Waals surface area contributed by atoms with E-state index in [1.165, 1.54) is 5.56 Å². The van der Waals surface area contributed by atoms with E-state index >= 15 is 0 Å². The number of carbonyl (C=O) groups is 1. The third kappa shape index (κ3) is 7.77. The molecular formula is C17H21NO. The molecule has 0 bridgehead atoms. The van der Waals surface area contributed by atoms with Gasteiger partial charge in [-0.25, -0.2) is 0 Å². The Morgan fingerprint density at radius 1 is 0.895 bits per heavy atom. The third-order valence-corrected chi connectivity index (χ3v) is 2.57. The van der Waals surface area contributed by atoms with Crippen LogP contribution in [0.2, 0.25) is 0 Å². The van der Waals surface area contributed by atoms with Gasteiger partial charge in [0.15, 0.2) is 0 Å². The molecule has 2 rings (SSSR count). The molecule has 0 aliphatic heterocycles. The summed E-state index contributed by atoms with van der Waals surface area (Å²) >= 11 is 0. The van der Waals surface area contributed by atoms with Gasteiger partial charge in [0.05, 0.1) is 0 Å². The van der Waals surface area contributed by atoms with Crippen LogP contribution in [-0.4, -0.2) is 12.5 Å². The Bertz CT molecular complexity index is 413. The fraction of sp³-hybridized carbons (Fsp3) is 0.235. The van der Waals surface area contributed by atoms with Crippen LogP contribution in [-0.2, 0) is 11.2 Å². The summed E-state index contributed by atoms with van der Waals surface area (Å²) in [4.78, 5) is 10.9. The smallest absolute Gasteiger partial charge is 0.219 e. The molecule has 0 radical (unpaired) electrons. The monoisotopic (exact) mass is 255 g/mol. The minimum absolute atomic E-state index is 0.121. The summed E-state index contributed by atoms with van der Waals surface area (Å²) in [5, 5.41) is 2.84. The lowest BCUT2D eigenvalue weighted by molar-refractivity contribution is -0.120. The van der Waals surface area contributed by atoms with Gasteiger partial charge < -0.3 is 5.32 Å². The largest absolute Gasteiger partial charge is 0.356 e. The molecule has 2 aromatic rings. The molecule has 2 heteroatoms. The van der Waals surface area contributed by atoms with Crippen LogP contribution in [0.15, 0.2) is 66.7 Å². The molecule has 2 aromatic carbocycles. The van der Waals surface area contributed by atoms with E-state index in [9.17, 15) is 4.79 Å². The van der Waals surface area contributed by atoms with E-state index in [2.05, 4.69) is 17.4 Å². The van der Waals surface area contributed by atoms with Gasteiger partial charge in [-0.1, -0.05) is 73.7 Å². The first-order valence-corrected chi connectivity index (χ1v) is 6.63. The first-order valence-electron chi connectivity index (χ1n) is 6.63. The fourth-order valence-corrected chi connectivity index (χ4v) is 1.50. The fourth-order valence-electron chi connectivity index (χ4n) is 1.50. The van der Waals surface area contributed by atoms with Crippen molar-refractivity contribution >= 4 is 5.91 Å². The van der Waals surface area contributed by atoms with Crippen LogP contribution in [0.5, 0.6) is 0 Å². The molecule has 19 heavy (non-hydrogen) atoms. The topological polar surface area (TPSA) is 29.1 Å². The van der Waals surface area contributed by atoms with Crippen LogP contribution in [0.25, 0.3) is 0 Å². The molecule has 0 fully saturated rings. The first-order chi connectivity index (χ1) is 9.33. The summed E-state index contributed by atoms with van der Waals surface area (Å²) < 4.78 is 0. The molecule has 100 valence electrons. The minimum Gasteiger partial charge on any atom is -0.356 e. The van der Waals surface area contributed by atoms with E-state index in [0.717, 1.165) is 13.0 Å². The molecule has 0 spiro atoms. The average Bonchev–Trinajstić information content (AvgIpc) is 2.50. The van der Waals surface area contributed by atoms with Crippen LogP contribution in [0.3, 0.4) is 0 Å². The molecule has 0 aliphatic carbocycles. The van der Waals surface area contributed by atoms with E-state index in [0.29, 0.717) is 6.42 Å². The minimum atomic E-state index is 0.121. The van der Waals surface area contributed by atoms with Crippen LogP contribution >= 0.6 is 0 Å². The second-order valence-electron chi connectivity index (χ2n) is 4.09. The zero-order valence-corrected chi connectivity index (χ0v) is 11.4. The van der Waals surface area contributed by atoms with Crippen LogP contribution in [0.4, 0.5) is 0 Å². The Balaban J connectivity index is 0.000000250.